The van der Waals surface area contributed by atoms with E-state index in [-0.39, 0.29) is 11.5 Å². The van der Waals surface area contributed by atoms with Crippen molar-refractivity contribution in [2.24, 2.45) is 4.99 Å². The van der Waals surface area contributed by atoms with Crippen molar-refractivity contribution < 1.29 is 8.42 Å². The number of rotatable bonds is 0. The zero-order chi connectivity index (χ0) is 6.74. The summed E-state index contributed by atoms with van der Waals surface area (Å²) < 4.78 is 21.6. The zero-order valence-electron chi connectivity index (χ0n) is 5.08. The van der Waals surface area contributed by atoms with Crippen LogP contribution in [0, 0.1) is 0 Å². The molecule has 0 atom stereocenters. The average Bonchev–Trinajstić information content (AvgIpc) is 1.92. The van der Waals surface area contributed by atoms with Crippen LogP contribution in [0.4, 0.5) is 0 Å². The molecular formula is C5H9NO2S. The quantitative estimate of drug-likeness (QED) is 0.479. The largest absolute Gasteiger partial charge is 0.296 e. The lowest BCUT2D eigenvalue weighted by Crippen LogP contribution is -2.10. The molecule has 52 valence electrons. The van der Waals surface area contributed by atoms with Gasteiger partial charge >= 0.3 is 0 Å². The minimum atomic E-state index is -2.74. The highest BCUT2D eigenvalue weighted by Gasteiger charge is 2.10. The van der Waals surface area contributed by atoms with E-state index in [2.05, 4.69) is 4.99 Å². The van der Waals surface area contributed by atoms with Gasteiger partial charge in [-0.15, -0.1) is 0 Å². The van der Waals surface area contributed by atoms with E-state index in [1.165, 1.54) is 0 Å². The van der Waals surface area contributed by atoms with Crippen LogP contribution in [0.25, 0.3) is 0 Å². The second kappa shape index (κ2) is 2.47. The molecule has 0 aliphatic carbocycles. The number of nitrogens with zero attached hydrogens (tertiary/aromatic N) is 1. The highest BCUT2D eigenvalue weighted by atomic mass is 32.2. The third kappa shape index (κ3) is 2.13. The van der Waals surface area contributed by atoms with E-state index < -0.39 is 9.84 Å². The Hall–Kier alpha value is -0.380. The smallest absolute Gasteiger partial charge is 0.152 e. The van der Waals surface area contributed by atoms with Gasteiger partial charge in [-0.3, -0.25) is 4.99 Å². The highest BCUT2D eigenvalue weighted by molar-refractivity contribution is 7.91. The molecule has 0 fully saturated rings. The van der Waals surface area contributed by atoms with Crippen molar-refractivity contribution in [3.05, 3.63) is 0 Å². The van der Waals surface area contributed by atoms with Crippen LogP contribution in [0.2, 0.25) is 0 Å². The van der Waals surface area contributed by atoms with E-state index in [0.717, 1.165) is 0 Å². The molecule has 0 saturated carbocycles. The van der Waals surface area contributed by atoms with Gasteiger partial charge in [-0.2, -0.15) is 0 Å². The van der Waals surface area contributed by atoms with Gasteiger partial charge in [0.2, 0.25) is 0 Å². The third-order valence-corrected chi connectivity index (χ3v) is 2.88. The third-order valence-electron chi connectivity index (χ3n) is 1.22. The maximum absolute atomic E-state index is 10.8. The van der Waals surface area contributed by atoms with Crippen molar-refractivity contribution in [3.63, 3.8) is 0 Å². The standard InChI is InChI=1S/C5H9NO2S/c7-9(8)4-1-2-6-3-5-9/h2H,1,3-5H2. The minimum Gasteiger partial charge on any atom is -0.296 e. The van der Waals surface area contributed by atoms with E-state index >= 15 is 0 Å². The average molecular weight is 147 g/mol. The van der Waals surface area contributed by atoms with E-state index in [9.17, 15) is 8.42 Å². The summed E-state index contributed by atoms with van der Waals surface area (Å²) in [6, 6.07) is 0. The van der Waals surface area contributed by atoms with Gasteiger partial charge in [-0.1, -0.05) is 0 Å². The molecule has 3 nitrogen and oxygen atoms in total. The van der Waals surface area contributed by atoms with Crippen LogP contribution in [-0.4, -0.2) is 32.7 Å². The van der Waals surface area contributed by atoms with E-state index in [1.807, 2.05) is 0 Å². The molecule has 0 aromatic carbocycles. The summed E-state index contributed by atoms with van der Waals surface area (Å²) in [6.45, 7) is 0.447. The van der Waals surface area contributed by atoms with Crippen LogP contribution in [0.3, 0.4) is 0 Å². The second-order valence-corrected chi connectivity index (χ2v) is 4.33. The van der Waals surface area contributed by atoms with E-state index in [1.54, 1.807) is 6.21 Å². The van der Waals surface area contributed by atoms with E-state index in [4.69, 9.17) is 0 Å². The molecular weight excluding hydrogens is 138 g/mol. The summed E-state index contributed by atoms with van der Waals surface area (Å²) in [7, 11) is -2.74. The molecule has 0 unspecified atom stereocenters. The zero-order valence-corrected chi connectivity index (χ0v) is 5.89. The maximum atomic E-state index is 10.8. The van der Waals surface area contributed by atoms with Crippen LogP contribution in [0.1, 0.15) is 6.42 Å². The molecule has 1 aliphatic heterocycles. The Bertz CT molecular complexity index is 189. The number of sulfone groups is 1. The minimum absolute atomic E-state index is 0.226. The molecule has 1 aliphatic rings. The van der Waals surface area contributed by atoms with Crippen molar-refractivity contribution in [1.82, 2.24) is 0 Å². The van der Waals surface area contributed by atoms with Crippen LogP contribution in [-0.2, 0) is 9.84 Å². The summed E-state index contributed by atoms with van der Waals surface area (Å²) in [5.74, 6) is 0.500. The topological polar surface area (TPSA) is 46.5 Å². The summed E-state index contributed by atoms with van der Waals surface area (Å²) in [5, 5.41) is 0. The summed E-state index contributed by atoms with van der Waals surface area (Å²) >= 11 is 0. The fourth-order valence-electron chi connectivity index (χ4n) is 0.709. The summed E-state index contributed by atoms with van der Waals surface area (Å²) in [4.78, 5) is 3.86. The number of aliphatic imine (C=N–C) groups is 1. The molecule has 4 heteroatoms. The van der Waals surface area contributed by atoms with Gasteiger partial charge < -0.3 is 0 Å². The Morgan fingerprint density at radius 1 is 1.33 bits per heavy atom. The highest BCUT2D eigenvalue weighted by Crippen LogP contribution is 1.96. The lowest BCUT2D eigenvalue weighted by Gasteiger charge is -1.93. The van der Waals surface area contributed by atoms with Gasteiger partial charge in [-0.05, 0) is 12.6 Å². The molecule has 0 spiro atoms. The maximum Gasteiger partial charge on any atom is 0.152 e. The number of hydrogen-bond donors (Lipinski definition) is 0. The Kier molecular flexibility index (Phi) is 1.85. The lowest BCUT2D eigenvalue weighted by molar-refractivity contribution is 0.597. The van der Waals surface area contributed by atoms with Gasteiger partial charge in [0.05, 0.1) is 18.1 Å². The molecule has 0 aromatic heterocycles. The summed E-state index contributed by atoms with van der Waals surface area (Å²) in [6.07, 6.45) is 2.27. The first kappa shape index (κ1) is 6.74. The number of hydrogen-bond acceptors (Lipinski definition) is 3. The van der Waals surface area contributed by atoms with Crippen LogP contribution in [0.15, 0.2) is 4.99 Å². The van der Waals surface area contributed by atoms with Gasteiger partial charge in [0.25, 0.3) is 0 Å². The SMILES string of the molecule is O=S1(=O)CCC=NCC1. The van der Waals surface area contributed by atoms with Gasteiger partial charge in [0.1, 0.15) is 0 Å². The predicted octanol–water partition coefficient (Wildman–Crippen LogP) is -0.124. The Morgan fingerprint density at radius 2 is 2.11 bits per heavy atom. The molecule has 9 heavy (non-hydrogen) atoms. The fourth-order valence-corrected chi connectivity index (χ4v) is 1.76. The first-order chi connectivity index (χ1) is 4.21. The van der Waals surface area contributed by atoms with Crippen LogP contribution in [0.5, 0.6) is 0 Å². The van der Waals surface area contributed by atoms with Gasteiger partial charge in [0.15, 0.2) is 9.84 Å². The van der Waals surface area contributed by atoms with Crippen molar-refractivity contribution in [3.8, 4) is 0 Å². The van der Waals surface area contributed by atoms with Crippen molar-refractivity contribution in [2.45, 2.75) is 6.42 Å². The molecule has 0 amide bonds. The Morgan fingerprint density at radius 3 is 2.89 bits per heavy atom. The van der Waals surface area contributed by atoms with Crippen molar-refractivity contribution in [1.29, 1.82) is 0 Å². The predicted molar refractivity (Wildman–Crippen MR) is 36.6 cm³/mol. The molecule has 0 bridgehead atoms. The van der Waals surface area contributed by atoms with Crippen molar-refractivity contribution in [2.75, 3.05) is 18.1 Å². The second-order valence-electron chi connectivity index (χ2n) is 2.03. The van der Waals surface area contributed by atoms with E-state index in [0.29, 0.717) is 13.0 Å². The van der Waals surface area contributed by atoms with Crippen molar-refractivity contribution >= 4 is 16.1 Å². The van der Waals surface area contributed by atoms with Gasteiger partial charge in [-0.25, -0.2) is 8.42 Å². The first-order valence-electron chi connectivity index (χ1n) is 2.89. The Balaban J connectivity index is 2.66. The molecule has 0 N–H and O–H groups in total. The summed E-state index contributed by atoms with van der Waals surface area (Å²) in [5.41, 5.74) is 0. The molecule has 1 heterocycles. The fraction of sp³-hybridized carbons (Fsp3) is 0.800. The lowest BCUT2D eigenvalue weighted by atomic mass is 10.5. The Labute approximate surface area is 54.7 Å². The molecule has 1 rings (SSSR count). The van der Waals surface area contributed by atoms with Crippen LogP contribution >= 0.6 is 0 Å². The molecule has 0 radical (unpaired) electrons. The van der Waals surface area contributed by atoms with Crippen LogP contribution < -0.4 is 0 Å². The molecule has 0 saturated heterocycles. The van der Waals surface area contributed by atoms with Gasteiger partial charge in [0, 0.05) is 0 Å². The normalized spacial score (nSPS) is 25.3. The monoisotopic (exact) mass is 147 g/mol. The molecule has 0 aromatic rings. The first-order valence-corrected chi connectivity index (χ1v) is 4.71.